The molecule has 1 atom stereocenters. The lowest BCUT2D eigenvalue weighted by atomic mass is 9.98. The number of hydrogen-bond donors (Lipinski definition) is 4. The topological polar surface area (TPSA) is 248 Å². The molecular weight excluding hydrogens is 947 g/mol. The minimum absolute atomic E-state index is 0.0378. The molecular formula is C53H61N13O8. The SMILES string of the molecule is CCNC(=O)c1nnc(-c2cc(C(C)C)c(O)cc2O)n1-c1ccc(CN2CCN(C(=O)CCNC(=O)O[C@@H](C)C(=O)N3CCC(n4c(=O)n(C)c5cnc6ccc(-c7ccc(C)nc7)nc6c54)CC3)CC2)cc1. The van der Waals surface area contributed by atoms with Crippen LogP contribution < -0.4 is 16.3 Å². The molecule has 0 unspecified atom stereocenters. The van der Waals surface area contributed by atoms with E-state index in [2.05, 4.69) is 35.7 Å². The van der Waals surface area contributed by atoms with Gasteiger partial charge in [0.1, 0.15) is 17.0 Å². The third kappa shape index (κ3) is 10.4. The highest BCUT2D eigenvalue weighted by atomic mass is 16.6. The highest BCUT2D eigenvalue weighted by Gasteiger charge is 2.32. The number of fused-ring (bicyclic) bond motifs is 3. The Bertz CT molecular complexity index is 3300. The summed E-state index contributed by atoms with van der Waals surface area (Å²) in [6, 6.07) is 18.0. The molecule has 0 saturated carbocycles. The molecule has 4 N–H and O–H groups in total. The number of pyridine rings is 3. The number of benzene rings is 2. The predicted octanol–water partition coefficient (Wildman–Crippen LogP) is 5.20. The third-order valence-corrected chi connectivity index (χ3v) is 13.9. The van der Waals surface area contributed by atoms with Gasteiger partial charge in [-0.15, -0.1) is 10.2 Å². The summed E-state index contributed by atoms with van der Waals surface area (Å²) in [7, 11) is 1.72. The molecule has 0 spiro atoms. The quantitative estimate of drug-likeness (QED) is 0.109. The van der Waals surface area contributed by atoms with Crippen LogP contribution in [0.4, 0.5) is 4.79 Å². The van der Waals surface area contributed by atoms with E-state index in [9.17, 15) is 34.2 Å². The van der Waals surface area contributed by atoms with E-state index >= 15 is 0 Å². The van der Waals surface area contributed by atoms with Gasteiger partial charge in [0.15, 0.2) is 11.9 Å². The monoisotopic (exact) mass is 1010 g/mol. The average molecular weight is 1010 g/mol. The van der Waals surface area contributed by atoms with Crippen LogP contribution in [0.2, 0.25) is 0 Å². The molecule has 0 aliphatic carbocycles. The second kappa shape index (κ2) is 21.5. The zero-order chi connectivity index (χ0) is 52.4. The number of carbonyl (C=O) groups excluding carboxylic acids is 4. The van der Waals surface area contributed by atoms with E-state index in [0.717, 1.165) is 16.8 Å². The Morgan fingerprint density at radius 3 is 2.27 bits per heavy atom. The molecule has 21 heteroatoms. The van der Waals surface area contributed by atoms with E-state index in [1.807, 2.05) is 69.3 Å². The van der Waals surface area contributed by atoms with Crippen molar-refractivity contribution in [3.8, 4) is 39.8 Å². The minimum Gasteiger partial charge on any atom is -0.508 e. The summed E-state index contributed by atoms with van der Waals surface area (Å²) in [5, 5.41) is 35.2. The molecule has 2 aliphatic rings. The van der Waals surface area contributed by atoms with Crippen molar-refractivity contribution in [2.24, 2.45) is 7.05 Å². The number of amides is 4. The lowest BCUT2D eigenvalue weighted by Gasteiger charge is -2.35. The van der Waals surface area contributed by atoms with Crippen molar-refractivity contribution in [2.45, 2.75) is 78.5 Å². The molecule has 2 fully saturated rings. The minimum atomic E-state index is -1.07. The molecule has 7 heterocycles. The first kappa shape index (κ1) is 50.7. The Morgan fingerprint density at radius 2 is 1.58 bits per heavy atom. The van der Waals surface area contributed by atoms with Gasteiger partial charge < -0.3 is 35.4 Å². The van der Waals surface area contributed by atoms with Crippen LogP contribution in [0.15, 0.2) is 77.9 Å². The Morgan fingerprint density at radius 1 is 0.838 bits per heavy atom. The first-order valence-electron chi connectivity index (χ1n) is 25.0. The second-order valence-corrected chi connectivity index (χ2v) is 19.2. The largest absolute Gasteiger partial charge is 0.508 e. The number of piperazine rings is 1. The fraction of sp³-hybridized carbons (Fsp3) is 0.396. The summed E-state index contributed by atoms with van der Waals surface area (Å²) in [5.74, 6) is -0.867. The van der Waals surface area contributed by atoms with Crippen molar-refractivity contribution in [1.29, 1.82) is 0 Å². The highest BCUT2D eigenvalue weighted by molar-refractivity contribution is 6.00. The van der Waals surface area contributed by atoms with Crippen molar-refractivity contribution >= 4 is 45.9 Å². The number of aryl methyl sites for hydroxylation is 2. The predicted molar refractivity (Wildman–Crippen MR) is 276 cm³/mol. The van der Waals surface area contributed by atoms with Gasteiger partial charge >= 0.3 is 11.8 Å². The van der Waals surface area contributed by atoms with Gasteiger partial charge in [-0.3, -0.25) is 43.0 Å². The number of phenolic OH excluding ortho intramolecular Hbond substituents is 2. The fourth-order valence-electron chi connectivity index (χ4n) is 9.78. The van der Waals surface area contributed by atoms with E-state index in [-0.39, 0.29) is 65.6 Å². The highest BCUT2D eigenvalue weighted by Crippen LogP contribution is 2.38. The summed E-state index contributed by atoms with van der Waals surface area (Å²) >= 11 is 0. The van der Waals surface area contributed by atoms with Crippen LogP contribution in [-0.4, -0.2) is 146 Å². The summed E-state index contributed by atoms with van der Waals surface area (Å²) in [6.07, 6.45) is 2.68. The molecule has 2 saturated heterocycles. The molecule has 7 aromatic rings. The number of likely N-dealkylation sites (tertiary alicyclic amines) is 1. The number of aromatic nitrogens is 8. The summed E-state index contributed by atoms with van der Waals surface area (Å²) in [5.41, 5.74) is 7.44. The zero-order valence-corrected chi connectivity index (χ0v) is 42.4. The molecule has 4 amide bonds. The zero-order valence-electron chi connectivity index (χ0n) is 42.4. The van der Waals surface area contributed by atoms with Crippen molar-refractivity contribution in [2.75, 3.05) is 52.4 Å². The second-order valence-electron chi connectivity index (χ2n) is 19.2. The number of phenols is 2. The van der Waals surface area contributed by atoms with Crippen LogP contribution in [0, 0.1) is 6.92 Å². The van der Waals surface area contributed by atoms with E-state index < -0.39 is 18.1 Å². The molecule has 0 radical (unpaired) electrons. The lowest BCUT2D eigenvalue weighted by molar-refractivity contribution is -0.140. The third-order valence-electron chi connectivity index (χ3n) is 13.9. The number of carbonyl (C=O) groups is 4. The van der Waals surface area contributed by atoms with Crippen molar-refractivity contribution in [1.82, 2.24) is 64.2 Å². The van der Waals surface area contributed by atoms with Gasteiger partial charge in [-0.05, 0) is 93.1 Å². The Balaban J connectivity index is 0.737. The van der Waals surface area contributed by atoms with Crippen molar-refractivity contribution in [3.63, 3.8) is 0 Å². The number of aromatic hydroxyl groups is 2. The Kier molecular flexibility index (Phi) is 14.7. The number of piperidine rings is 1. The van der Waals surface area contributed by atoms with Crippen LogP contribution in [0.3, 0.4) is 0 Å². The van der Waals surface area contributed by atoms with E-state index in [1.54, 1.807) is 55.9 Å². The van der Waals surface area contributed by atoms with Gasteiger partial charge in [0.2, 0.25) is 11.7 Å². The molecule has 0 bridgehead atoms. The van der Waals surface area contributed by atoms with Gasteiger partial charge in [-0.2, -0.15) is 0 Å². The van der Waals surface area contributed by atoms with Crippen LogP contribution in [0.25, 0.3) is 50.4 Å². The van der Waals surface area contributed by atoms with E-state index in [0.29, 0.717) is 110 Å². The number of hydrogen-bond acceptors (Lipinski definition) is 14. The molecule has 9 rings (SSSR count). The summed E-state index contributed by atoms with van der Waals surface area (Å²) < 4.78 is 10.4. The maximum atomic E-state index is 13.8. The molecule has 21 nitrogen and oxygen atoms in total. The standard InChI is InChI=1S/C53H61N13O8/c1-7-54-50(70)49-60-59-48(39-26-38(31(2)3)43(67)27-44(39)68)66(49)36-12-9-34(10-13-36)30-62-22-24-63(25-23-62)45(69)16-19-55-52(72)74-33(5)51(71)64-20-17-37(18-21-64)65-47-42(61(6)53(65)73)29-57-41-15-14-40(58-46(41)47)35-11-8-32(4)56-28-35/h8-15,26-29,31,33,37,67-68H,7,16-25,30H2,1-6H3,(H,54,70)(H,55,72)/t33-/m0/s1. The number of alkyl carbamates (subject to hydrolysis) is 1. The van der Waals surface area contributed by atoms with Crippen molar-refractivity contribution < 1.29 is 34.1 Å². The Labute approximate surface area is 426 Å². The normalized spacial score (nSPS) is 15.0. The van der Waals surface area contributed by atoms with Gasteiger partial charge in [0, 0.05) is 108 Å². The first-order chi connectivity index (χ1) is 35.6. The maximum absolute atomic E-state index is 13.8. The van der Waals surface area contributed by atoms with Crippen LogP contribution in [0.5, 0.6) is 11.5 Å². The summed E-state index contributed by atoms with van der Waals surface area (Å²) in [4.78, 5) is 86.1. The Hall–Kier alpha value is -8.20. The summed E-state index contributed by atoms with van der Waals surface area (Å²) in [6.45, 7) is 13.1. The molecule has 5 aromatic heterocycles. The van der Waals surface area contributed by atoms with E-state index in [1.165, 1.54) is 13.0 Å². The number of ether oxygens (including phenoxy) is 1. The number of nitrogens with zero attached hydrogens (tertiary/aromatic N) is 11. The maximum Gasteiger partial charge on any atom is 0.407 e. The van der Waals surface area contributed by atoms with Gasteiger partial charge in [0.05, 0.1) is 34.0 Å². The van der Waals surface area contributed by atoms with Gasteiger partial charge in [-0.1, -0.05) is 26.0 Å². The average Bonchev–Trinajstić information content (AvgIpc) is 3.95. The number of nitrogens with one attached hydrogen (secondary N) is 2. The molecule has 2 aliphatic heterocycles. The lowest BCUT2D eigenvalue weighted by Crippen LogP contribution is -2.49. The molecule has 386 valence electrons. The van der Waals surface area contributed by atoms with E-state index in [4.69, 9.17) is 9.72 Å². The number of imidazole rings is 1. The van der Waals surface area contributed by atoms with Crippen LogP contribution in [-0.2, 0) is 27.9 Å². The van der Waals surface area contributed by atoms with Crippen LogP contribution in [0.1, 0.15) is 86.4 Å². The van der Waals surface area contributed by atoms with Crippen molar-refractivity contribution in [3.05, 3.63) is 106 Å². The smallest absolute Gasteiger partial charge is 0.407 e. The molecule has 2 aromatic carbocycles. The fourth-order valence-corrected chi connectivity index (χ4v) is 9.78. The first-order valence-corrected chi connectivity index (χ1v) is 25.0. The van der Waals surface area contributed by atoms with Gasteiger partial charge in [-0.25, -0.2) is 14.6 Å². The van der Waals surface area contributed by atoms with Crippen LogP contribution >= 0.6 is 0 Å². The van der Waals surface area contributed by atoms with Gasteiger partial charge in [0.25, 0.3) is 11.8 Å². The molecule has 74 heavy (non-hydrogen) atoms. The number of rotatable bonds is 14.